The number of hydrogen-bond donors (Lipinski definition) is 2. The summed E-state index contributed by atoms with van der Waals surface area (Å²) in [6.45, 7) is 3.42. The minimum absolute atomic E-state index is 0.260. The second-order valence-corrected chi connectivity index (χ2v) is 7.17. The number of hydrogen-bond acceptors (Lipinski definition) is 5. The molecule has 0 spiro atoms. The van der Waals surface area contributed by atoms with Crippen molar-refractivity contribution in [2.75, 3.05) is 36.5 Å². The first kappa shape index (κ1) is 20.6. The fourth-order valence-corrected chi connectivity index (χ4v) is 3.35. The number of amides is 2. The van der Waals surface area contributed by atoms with Crippen LogP contribution in [-0.2, 0) is 11.3 Å². The number of ether oxygens (including phenoxy) is 1. The average molecular weight is 416 g/mol. The van der Waals surface area contributed by atoms with Gasteiger partial charge in [-0.2, -0.15) is 0 Å². The summed E-state index contributed by atoms with van der Waals surface area (Å²) in [6.07, 6.45) is 1.77. The molecule has 1 fully saturated rings. The molecule has 2 amide bonds. The Balaban J connectivity index is 1.38. The highest BCUT2D eigenvalue weighted by molar-refractivity contribution is 6.08. The molecule has 1 saturated heterocycles. The highest BCUT2D eigenvalue weighted by Gasteiger charge is 2.15. The van der Waals surface area contributed by atoms with Crippen LogP contribution in [0.3, 0.4) is 0 Å². The van der Waals surface area contributed by atoms with Crippen LogP contribution in [0.2, 0.25) is 0 Å². The molecule has 0 unspecified atom stereocenters. The number of carbonyl (C=O) groups excluding carboxylic acids is 2. The van der Waals surface area contributed by atoms with Crippen molar-refractivity contribution in [2.45, 2.75) is 6.54 Å². The fourth-order valence-electron chi connectivity index (χ4n) is 3.35. The van der Waals surface area contributed by atoms with Crippen molar-refractivity contribution < 1.29 is 14.3 Å². The van der Waals surface area contributed by atoms with Crippen LogP contribution in [0.1, 0.15) is 26.3 Å². The Morgan fingerprint density at radius 3 is 2.39 bits per heavy atom. The molecule has 0 atom stereocenters. The maximum atomic E-state index is 12.8. The zero-order valence-electron chi connectivity index (χ0n) is 17.1. The SMILES string of the molecule is O=C(Nc1ccccc1C(=O)NCc1ccc(N2CCOCC2)nc1)c1ccccc1. The van der Waals surface area contributed by atoms with Gasteiger partial charge < -0.3 is 20.3 Å². The average Bonchev–Trinajstić information content (AvgIpc) is 2.84. The molecule has 1 aliphatic heterocycles. The molecule has 1 aliphatic rings. The normalized spacial score (nSPS) is 13.5. The van der Waals surface area contributed by atoms with Crippen LogP contribution in [0.25, 0.3) is 0 Å². The zero-order valence-corrected chi connectivity index (χ0v) is 17.1. The lowest BCUT2D eigenvalue weighted by molar-refractivity contribution is 0.0951. The summed E-state index contributed by atoms with van der Waals surface area (Å²) in [5, 5.41) is 5.73. The lowest BCUT2D eigenvalue weighted by Gasteiger charge is -2.27. The number of para-hydroxylation sites is 1. The van der Waals surface area contributed by atoms with Crippen molar-refractivity contribution in [1.29, 1.82) is 0 Å². The minimum Gasteiger partial charge on any atom is -0.378 e. The van der Waals surface area contributed by atoms with Gasteiger partial charge in [0.25, 0.3) is 11.8 Å². The van der Waals surface area contributed by atoms with E-state index in [-0.39, 0.29) is 11.8 Å². The van der Waals surface area contributed by atoms with Crippen LogP contribution in [-0.4, -0.2) is 43.1 Å². The van der Waals surface area contributed by atoms with Crippen molar-refractivity contribution in [2.24, 2.45) is 0 Å². The van der Waals surface area contributed by atoms with Crippen molar-refractivity contribution in [3.8, 4) is 0 Å². The first-order chi connectivity index (χ1) is 15.2. The van der Waals surface area contributed by atoms with E-state index in [0.717, 1.165) is 24.5 Å². The van der Waals surface area contributed by atoms with Gasteiger partial charge in [-0.3, -0.25) is 9.59 Å². The van der Waals surface area contributed by atoms with Gasteiger partial charge in [-0.1, -0.05) is 36.4 Å². The number of rotatable bonds is 6. The summed E-state index contributed by atoms with van der Waals surface area (Å²) in [4.78, 5) is 31.9. The molecule has 0 aliphatic carbocycles. The quantitative estimate of drug-likeness (QED) is 0.645. The van der Waals surface area contributed by atoms with Gasteiger partial charge in [0, 0.05) is 31.4 Å². The Labute approximate surface area is 181 Å². The number of anilines is 2. The molecule has 3 aromatic rings. The molecule has 2 aromatic carbocycles. The van der Waals surface area contributed by atoms with Crippen LogP contribution in [0.4, 0.5) is 11.5 Å². The van der Waals surface area contributed by atoms with Crippen LogP contribution in [0.5, 0.6) is 0 Å². The van der Waals surface area contributed by atoms with Gasteiger partial charge >= 0.3 is 0 Å². The van der Waals surface area contributed by atoms with Gasteiger partial charge in [0.15, 0.2) is 0 Å². The maximum Gasteiger partial charge on any atom is 0.255 e. The molecule has 0 radical (unpaired) electrons. The number of nitrogens with one attached hydrogen (secondary N) is 2. The van der Waals surface area contributed by atoms with Crippen molar-refractivity contribution in [3.05, 3.63) is 89.6 Å². The molecule has 4 rings (SSSR count). The van der Waals surface area contributed by atoms with E-state index in [4.69, 9.17) is 4.74 Å². The van der Waals surface area contributed by atoms with Gasteiger partial charge in [-0.05, 0) is 35.9 Å². The second-order valence-electron chi connectivity index (χ2n) is 7.17. The molecule has 2 N–H and O–H groups in total. The van der Waals surface area contributed by atoms with Crippen LogP contribution >= 0.6 is 0 Å². The highest BCUT2D eigenvalue weighted by Crippen LogP contribution is 2.17. The van der Waals surface area contributed by atoms with Gasteiger partial charge in [0.2, 0.25) is 0 Å². The lowest BCUT2D eigenvalue weighted by atomic mass is 10.1. The molecular weight excluding hydrogens is 392 g/mol. The van der Waals surface area contributed by atoms with E-state index in [0.29, 0.717) is 36.6 Å². The number of benzene rings is 2. The zero-order chi connectivity index (χ0) is 21.5. The largest absolute Gasteiger partial charge is 0.378 e. The number of carbonyl (C=O) groups is 2. The third-order valence-electron chi connectivity index (χ3n) is 5.05. The Hall–Kier alpha value is -3.71. The molecule has 2 heterocycles. The number of morpholine rings is 1. The lowest BCUT2D eigenvalue weighted by Crippen LogP contribution is -2.36. The third-order valence-corrected chi connectivity index (χ3v) is 5.05. The van der Waals surface area contributed by atoms with E-state index in [1.807, 2.05) is 18.2 Å². The fraction of sp³-hybridized carbons (Fsp3) is 0.208. The second kappa shape index (κ2) is 9.86. The number of nitrogens with zero attached hydrogens (tertiary/aromatic N) is 2. The standard InChI is InChI=1S/C24H24N4O3/c29-23(19-6-2-1-3-7-19)27-21-9-5-4-8-20(21)24(30)26-17-18-10-11-22(25-16-18)28-12-14-31-15-13-28/h1-11,16H,12-15,17H2,(H,26,30)(H,27,29). The maximum absolute atomic E-state index is 12.8. The van der Waals surface area contributed by atoms with E-state index in [1.165, 1.54) is 0 Å². The van der Waals surface area contributed by atoms with E-state index in [2.05, 4.69) is 20.5 Å². The Morgan fingerprint density at radius 1 is 0.903 bits per heavy atom. The molecule has 1 aromatic heterocycles. The molecule has 0 saturated carbocycles. The monoisotopic (exact) mass is 416 g/mol. The number of pyridine rings is 1. The Kier molecular flexibility index (Phi) is 6.54. The molecule has 158 valence electrons. The van der Waals surface area contributed by atoms with Crippen LogP contribution < -0.4 is 15.5 Å². The summed E-state index contributed by atoms with van der Waals surface area (Å²) in [5.41, 5.74) is 2.31. The smallest absolute Gasteiger partial charge is 0.255 e. The predicted molar refractivity (Wildman–Crippen MR) is 119 cm³/mol. The first-order valence-electron chi connectivity index (χ1n) is 10.2. The summed E-state index contributed by atoms with van der Waals surface area (Å²) in [7, 11) is 0. The molecule has 7 nitrogen and oxygen atoms in total. The summed E-state index contributed by atoms with van der Waals surface area (Å²) < 4.78 is 5.37. The van der Waals surface area contributed by atoms with E-state index in [9.17, 15) is 9.59 Å². The third kappa shape index (κ3) is 5.26. The summed E-state index contributed by atoms with van der Waals surface area (Å²) >= 11 is 0. The first-order valence-corrected chi connectivity index (χ1v) is 10.2. The van der Waals surface area contributed by atoms with E-state index < -0.39 is 0 Å². The Bertz CT molecular complexity index is 1030. The van der Waals surface area contributed by atoms with Gasteiger partial charge in [-0.15, -0.1) is 0 Å². The van der Waals surface area contributed by atoms with Crippen LogP contribution in [0, 0.1) is 0 Å². The van der Waals surface area contributed by atoms with Crippen molar-refractivity contribution >= 4 is 23.3 Å². The highest BCUT2D eigenvalue weighted by atomic mass is 16.5. The number of aromatic nitrogens is 1. The van der Waals surface area contributed by atoms with Gasteiger partial charge in [-0.25, -0.2) is 4.98 Å². The molecule has 31 heavy (non-hydrogen) atoms. The van der Waals surface area contributed by atoms with Crippen molar-refractivity contribution in [1.82, 2.24) is 10.3 Å². The van der Waals surface area contributed by atoms with Gasteiger partial charge in [0.05, 0.1) is 24.5 Å². The van der Waals surface area contributed by atoms with Crippen LogP contribution in [0.15, 0.2) is 72.9 Å². The predicted octanol–water partition coefficient (Wildman–Crippen LogP) is 3.10. The molecule has 0 bridgehead atoms. The minimum atomic E-state index is -0.263. The topological polar surface area (TPSA) is 83.6 Å². The summed E-state index contributed by atoms with van der Waals surface area (Å²) in [5.74, 6) is 0.386. The van der Waals surface area contributed by atoms with E-state index in [1.54, 1.807) is 54.7 Å². The van der Waals surface area contributed by atoms with E-state index >= 15 is 0 Å². The van der Waals surface area contributed by atoms with Gasteiger partial charge in [0.1, 0.15) is 5.82 Å². The summed E-state index contributed by atoms with van der Waals surface area (Å²) in [6, 6.07) is 19.8. The Morgan fingerprint density at radius 2 is 1.65 bits per heavy atom. The molecular formula is C24H24N4O3. The molecule has 7 heteroatoms. The van der Waals surface area contributed by atoms with Crippen molar-refractivity contribution in [3.63, 3.8) is 0 Å².